The van der Waals surface area contributed by atoms with Gasteiger partial charge >= 0.3 is 0 Å². The summed E-state index contributed by atoms with van der Waals surface area (Å²) in [7, 11) is 0. The van der Waals surface area contributed by atoms with Crippen LogP contribution in [0.5, 0.6) is 0 Å². The smallest absolute Gasteiger partial charge is 0.274 e. The Morgan fingerprint density at radius 3 is 3.13 bits per heavy atom. The van der Waals surface area contributed by atoms with E-state index in [1.54, 1.807) is 0 Å². The largest absolute Gasteiger partial charge is 0.379 e. The van der Waals surface area contributed by atoms with E-state index in [4.69, 9.17) is 4.74 Å². The van der Waals surface area contributed by atoms with Gasteiger partial charge in [-0.1, -0.05) is 21.1 Å². The molecule has 1 atom stereocenters. The predicted molar refractivity (Wildman–Crippen MR) is 55.9 cm³/mol. The number of aromatic nitrogens is 1. The van der Waals surface area contributed by atoms with Crippen LogP contribution < -0.4 is 5.32 Å². The van der Waals surface area contributed by atoms with Gasteiger partial charge in [0.25, 0.3) is 5.91 Å². The van der Waals surface area contributed by atoms with Gasteiger partial charge in [-0.25, -0.2) is 0 Å². The van der Waals surface area contributed by atoms with Crippen molar-refractivity contribution in [2.75, 3.05) is 18.5 Å². The zero-order valence-electron chi connectivity index (χ0n) is 8.03. The van der Waals surface area contributed by atoms with Gasteiger partial charge in [-0.3, -0.25) is 4.79 Å². The number of hydrogen-bond acceptors (Lipinski definition) is 4. The number of halogens is 1. The molecule has 1 aliphatic rings. The van der Waals surface area contributed by atoms with E-state index >= 15 is 0 Å². The highest BCUT2D eigenvalue weighted by Crippen LogP contribution is 2.21. The summed E-state index contributed by atoms with van der Waals surface area (Å²) in [4.78, 5) is 11.7. The number of carbonyl (C=O) groups is 1. The Morgan fingerprint density at radius 2 is 2.60 bits per heavy atom. The summed E-state index contributed by atoms with van der Waals surface area (Å²) in [5.74, 6) is -0.228. The summed E-state index contributed by atoms with van der Waals surface area (Å²) in [6.07, 6.45) is 2.18. The molecule has 0 aromatic carbocycles. The molecule has 6 heteroatoms. The first kappa shape index (κ1) is 10.6. The number of amides is 1. The molecule has 2 rings (SSSR count). The van der Waals surface area contributed by atoms with E-state index in [0.29, 0.717) is 24.2 Å². The lowest BCUT2D eigenvalue weighted by molar-refractivity contribution is 0.0884. The Morgan fingerprint density at radius 1 is 1.73 bits per heavy atom. The maximum absolute atomic E-state index is 11.7. The van der Waals surface area contributed by atoms with Crippen LogP contribution in [0.1, 0.15) is 16.9 Å². The summed E-state index contributed by atoms with van der Waals surface area (Å²) in [5.41, 5.74) is -0.0158. The van der Waals surface area contributed by atoms with Crippen LogP contribution in [0.25, 0.3) is 0 Å². The third kappa shape index (κ3) is 2.21. The van der Waals surface area contributed by atoms with Crippen molar-refractivity contribution in [2.45, 2.75) is 12.0 Å². The van der Waals surface area contributed by atoms with E-state index in [1.165, 1.54) is 12.3 Å². The molecule has 1 amide bonds. The summed E-state index contributed by atoms with van der Waals surface area (Å²) in [6.45, 7) is 1.20. The topological polar surface area (TPSA) is 64.4 Å². The first-order valence-corrected chi connectivity index (χ1v) is 5.74. The van der Waals surface area contributed by atoms with Crippen LogP contribution in [0.3, 0.4) is 0 Å². The third-order valence-electron chi connectivity index (χ3n) is 2.41. The highest BCUT2D eigenvalue weighted by atomic mass is 79.9. The minimum Gasteiger partial charge on any atom is -0.379 e. The summed E-state index contributed by atoms with van der Waals surface area (Å²) < 4.78 is 9.89. The van der Waals surface area contributed by atoms with Gasteiger partial charge in [0.2, 0.25) is 0 Å². The minimum absolute atomic E-state index is 0.228. The quantitative estimate of drug-likeness (QED) is 0.834. The van der Waals surface area contributed by atoms with Crippen molar-refractivity contribution in [2.24, 2.45) is 0 Å². The van der Waals surface area contributed by atoms with Crippen LogP contribution >= 0.6 is 15.9 Å². The molecule has 0 saturated carbocycles. The molecular formula is C9H11BrN2O3. The molecule has 0 radical (unpaired) electrons. The fourth-order valence-corrected chi connectivity index (χ4v) is 2.06. The molecule has 0 aliphatic carbocycles. The van der Waals surface area contributed by atoms with Crippen LogP contribution in [0.2, 0.25) is 0 Å². The predicted octanol–water partition coefficient (Wildman–Crippen LogP) is 0.958. The van der Waals surface area contributed by atoms with Gasteiger partial charge in [0, 0.05) is 18.0 Å². The second-order valence-corrected chi connectivity index (χ2v) is 4.12. The van der Waals surface area contributed by atoms with Crippen molar-refractivity contribution in [1.29, 1.82) is 0 Å². The van der Waals surface area contributed by atoms with Gasteiger partial charge in [-0.05, 0) is 6.42 Å². The number of rotatable bonds is 3. The van der Waals surface area contributed by atoms with Gasteiger partial charge in [-0.15, -0.1) is 0 Å². The molecule has 1 saturated heterocycles. The SMILES string of the molecule is O=C(NC1(CBr)CCOC1)c1ccon1. The van der Waals surface area contributed by atoms with Crippen molar-refractivity contribution in [3.05, 3.63) is 18.0 Å². The molecule has 1 unspecified atom stereocenters. The average molecular weight is 275 g/mol. The Labute approximate surface area is 95.3 Å². The molecule has 1 aromatic rings. The lowest BCUT2D eigenvalue weighted by atomic mass is 10.0. The Balaban J connectivity index is 2.04. The van der Waals surface area contributed by atoms with E-state index in [2.05, 4.69) is 30.9 Å². The van der Waals surface area contributed by atoms with Crippen LogP contribution in [0.15, 0.2) is 16.9 Å². The number of hydrogen-bond donors (Lipinski definition) is 1. The van der Waals surface area contributed by atoms with Crippen LogP contribution in [0.4, 0.5) is 0 Å². The molecule has 82 valence electrons. The van der Waals surface area contributed by atoms with Gasteiger partial charge in [-0.2, -0.15) is 0 Å². The number of alkyl halides is 1. The van der Waals surface area contributed by atoms with Crippen molar-refractivity contribution in [3.63, 3.8) is 0 Å². The zero-order chi connectivity index (χ0) is 10.7. The van der Waals surface area contributed by atoms with E-state index in [9.17, 15) is 4.79 Å². The lowest BCUT2D eigenvalue weighted by Crippen LogP contribution is -2.50. The second kappa shape index (κ2) is 4.32. The van der Waals surface area contributed by atoms with Gasteiger partial charge in [0.05, 0.1) is 12.1 Å². The Kier molecular flexibility index (Phi) is 3.06. The average Bonchev–Trinajstić information content (AvgIpc) is 2.88. The molecule has 5 nitrogen and oxygen atoms in total. The monoisotopic (exact) mass is 274 g/mol. The van der Waals surface area contributed by atoms with E-state index < -0.39 is 0 Å². The Hall–Kier alpha value is -0.880. The van der Waals surface area contributed by atoms with Gasteiger partial charge < -0.3 is 14.6 Å². The van der Waals surface area contributed by atoms with Crippen LogP contribution in [-0.4, -0.2) is 35.1 Å². The van der Waals surface area contributed by atoms with Crippen LogP contribution in [-0.2, 0) is 4.74 Å². The number of nitrogens with zero attached hydrogens (tertiary/aromatic N) is 1. The molecule has 1 aromatic heterocycles. The fraction of sp³-hybridized carbons (Fsp3) is 0.556. The summed E-state index contributed by atoms with van der Waals surface area (Å²) in [5, 5.41) is 7.16. The molecule has 1 aliphatic heterocycles. The van der Waals surface area contributed by atoms with Crippen molar-refractivity contribution < 1.29 is 14.1 Å². The van der Waals surface area contributed by atoms with Gasteiger partial charge in [0.1, 0.15) is 6.26 Å². The summed E-state index contributed by atoms with van der Waals surface area (Å²) >= 11 is 3.39. The zero-order valence-corrected chi connectivity index (χ0v) is 9.62. The van der Waals surface area contributed by atoms with Gasteiger partial charge in [0.15, 0.2) is 5.69 Å². The Bertz CT molecular complexity index is 333. The maximum Gasteiger partial charge on any atom is 0.274 e. The second-order valence-electron chi connectivity index (χ2n) is 3.56. The minimum atomic E-state index is -0.309. The molecule has 1 N–H and O–H groups in total. The standard InChI is InChI=1S/C9H11BrN2O3/c10-5-9(2-4-14-6-9)11-8(13)7-1-3-15-12-7/h1,3H,2,4-6H2,(H,11,13). The van der Waals surface area contributed by atoms with Crippen molar-refractivity contribution in [1.82, 2.24) is 10.5 Å². The summed E-state index contributed by atoms with van der Waals surface area (Å²) in [6, 6.07) is 1.53. The molecule has 0 bridgehead atoms. The normalized spacial score (nSPS) is 25.4. The van der Waals surface area contributed by atoms with E-state index in [1.807, 2.05) is 0 Å². The highest BCUT2D eigenvalue weighted by Gasteiger charge is 2.36. The molecular weight excluding hydrogens is 264 g/mol. The molecule has 15 heavy (non-hydrogen) atoms. The fourth-order valence-electron chi connectivity index (χ4n) is 1.48. The van der Waals surface area contributed by atoms with Crippen molar-refractivity contribution >= 4 is 21.8 Å². The highest BCUT2D eigenvalue weighted by molar-refractivity contribution is 9.09. The lowest BCUT2D eigenvalue weighted by Gasteiger charge is -2.25. The van der Waals surface area contributed by atoms with E-state index in [0.717, 1.165) is 6.42 Å². The first-order chi connectivity index (χ1) is 7.26. The van der Waals surface area contributed by atoms with E-state index in [-0.39, 0.29) is 11.4 Å². The third-order valence-corrected chi connectivity index (χ3v) is 3.48. The van der Waals surface area contributed by atoms with Crippen molar-refractivity contribution in [3.8, 4) is 0 Å². The first-order valence-electron chi connectivity index (χ1n) is 4.62. The van der Waals surface area contributed by atoms with Crippen LogP contribution in [0, 0.1) is 0 Å². The maximum atomic E-state index is 11.7. The molecule has 1 fully saturated rings. The number of nitrogens with one attached hydrogen (secondary N) is 1. The molecule has 0 spiro atoms. The molecule has 2 heterocycles. The number of ether oxygens (including phenoxy) is 1. The number of carbonyl (C=O) groups excluding carboxylic acids is 1.